The van der Waals surface area contributed by atoms with Crippen molar-refractivity contribution >= 4 is 23.2 Å². The Kier molecular flexibility index (Phi) is 3.65. The third-order valence-electron chi connectivity index (χ3n) is 3.97. The van der Waals surface area contributed by atoms with Crippen molar-refractivity contribution in [3.8, 4) is 11.4 Å². The van der Waals surface area contributed by atoms with Gasteiger partial charge >= 0.3 is 0 Å². The molecule has 0 aromatic carbocycles. The number of nitrogen functional groups attached to an aromatic ring is 1. The van der Waals surface area contributed by atoms with Crippen molar-refractivity contribution in [1.82, 2.24) is 24.6 Å². The highest BCUT2D eigenvalue weighted by Gasteiger charge is 2.20. The van der Waals surface area contributed by atoms with Crippen LogP contribution >= 0.6 is 0 Å². The molecule has 1 aliphatic rings. The molecule has 128 valence electrons. The highest BCUT2D eigenvalue weighted by atomic mass is 16.5. The van der Waals surface area contributed by atoms with Gasteiger partial charge in [0.2, 0.25) is 11.9 Å². The Labute approximate surface area is 142 Å². The molecule has 4 N–H and O–H groups in total. The highest BCUT2D eigenvalue weighted by molar-refractivity contribution is 5.95. The number of aromatic nitrogens is 5. The van der Waals surface area contributed by atoms with Gasteiger partial charge in [0, 0.05) is 31.7 Å². The number of anilines is 2. The summed E-state index contributed by atoms with van der Waals surface area (Å²) in [5, 5.41) is 4.45. The van der Waals surface area contributed by atoms with Crippen LogP contribution in [0.25, 0.3) is 16.9 Å². The molecule has 0 aliphatic carbocycles. The molecule has 1 aliphatic heterocycles. The molecule has 4 rings (SSSR count). The number of amides is 1. The van der Waals surface area contributed by atoms with Crippen LogP contribution in [0.2, 0.25) is 0 Å². The van der Waals surface area contributed by atoms with Gasteiger partial charge in [-0.15, -0.1) is 5.10 Å². The Balaban J connectivity index is 1.89. The van der Waals surface area contributed by atoms with Crippen molar-refractivity contribution in [1.29, 1.82) is 0 Å². The second kappa shape index (κ2) is 5.98. The lowest BCUT2D eigenvalue weighted by molar-refractivity contribution is 0.100. The maximum atomic E-state index is 11.5. The lowest BCUT2D eigenvalue weighted by atomic mass is 10.3. The van der Waals surface area contributed by atoms with Crippen LogP contribution in [-0.2, 0) is 4.74 Å². The zero-order chi connectivity index (χ0) is 17.4. The first-order valence-electron chi connectivity index (χ1n) is 7.72. The Morgan fingerprint density at radius 1 is 1.20 bits per heavy atom. The molecule has 0 radical (unpaired) electrons. The Bertz CT molecular complexity index is 931. The van der Waals surface area contributed by atoms with E-state index in [-0.39, 0.29) is 5.95 Å². The largest absolute Gasteiger partial charge is 0.378 e. The number of carbonyl (C=O) groups is 1. The van der Waals surface area contributed by atoms with Crippen molar-refractivity contribution < 1.29 is 9.53 Å². The fraction of sp³-hybridized carbons (Fsp3) is 0.267. The van der Waals surface area contributed by atoms with Crippen molar-refractivity contribution in [2.75, 3.05) is 36.9 Å². The van der Waals surface area contributed by atoms with Gasteiger partial charge in [0.05, 0.1) is 24.3 Å². The van der Waals surface area contributed by atoms with Gasteiger partial charge in [-0.25, -0.2) is 19.5 Å². The minimum absolute atomic E-state index is 0.176. The van der Waals surface area contributed by atoms with Crippen LogP contribution < -0.4 is 16.4 Å². The average molecular weight is 340 g/mol. The molecule has 1 amide bonds. The lowest BCUT2D eigenvalue weighted by Gasteiger charge is -2.28. The molecule has 10 heteroatoms. The van der Waals surface area contributed by atoms with E-state index in [1.165, 1.54) is 0 Å². The number of carbonyl (C=O) groups excluding carboxylic acids is 1. The molecule has 10 nitrogen and oxygen atoms in total. The monoisotopic (exact) mass is 340 g/mol. The van der Waals surface area contributed by atoms with E-state index in [0.29, 0.717) is 54.6 Å². The summed E-state index contributed by atoms with van der Waals surface area (Å²) in [5.41, 5.74) is 12.6. The maximum absolute atomic E-state index is 11.5. The van der Waals surface area contributed by atoms with E-state index < -0.39 is 5.91 Å². The number of primary amides is 1. The van der Waals surface area contributed by atoms with Crippen LogP contribution in [0.5, 0.6) is 0 Å². The van der Waals surface area contributed by atoms with Crippen LogP contribution in [0.1, 0.15) is 10.4 Å². The number of ether oxygens (including phenoxy) is 1. The number of hydrogen-bond acceptors (Lipinski definition) is 8. The normalized spacial score (nSPS) is 14.8. The van der Waals surface area contributed by atoms with Gasteiger partial charge in [-0.3, -0.25) is 4.79 Å². The first-order valence-corrected chi connectivity index (χ1v) is 7.72. The van der Waals surface area contributed by atoms with E-state index in [2.05, 4.69) is 25.0 Å². The van der Waals surface area contributed by atoms with Crippen molar-refractivity contribution in [2.24, 2.45) is 5.73 Å². The first-order chi connectivity index (χ1) is 12.1. The van der Waals surface area contributed by atoms with Gasteiger partial charge < -0.3 is 21.1 Å². The number of hydrogen-bond donors (Lipinski definition) is 2. The summed E-state index contributed by atoms with van der Waals surface area (Å²) in [6.07, 6.45) is 4.71. The number of rotatable bonds is 3. The fourth-order valence-corrected chi connectivity index (χ4v) is 2.70. The van der Waals surface area contributed by atoms with Crippen molar-refractivity contribution in [3.63, 3.8) is 0 Å². The molecule has 0 unspecified atom stereocenters. The second-order valence-electron chi connectivity index (χ2n) is 5.61. The molecule has 1 saturated heterocycles. The molecule has 4 heterocycles. The smallest absolute Gasteiger partial charge is 0.250 e. The van der Waals surface area contributed by atoms with Gasteiger partial charge in [-0.1, -0.05) is 0 Å². The third-order valence-corrected chi connectivity index (χ3v) is 3.97. The van der Waals surface area contributed by atoms with Crippen LogP contribution in [0.3, 0.4) is 0 Å². The standard InChI is InChI=1S/C15H16N8O2/c16-12(24)9-5-11-14(22-1-3-25-4-2-22)20-13(21-23(11)8-9)10-6-18-15(17)19-7-10/h5-8H,1-4H2,(H2,16,24)(H2,17,18,19). The van der Waals surface area contributed by atoms with Gasteiger partial charge in [0.15, 0.2) is 11.6 Å². The summed E-state index contributed by atoms with van der Waals surface area (Å²) in [4.78, 5) is 26.3. The number of morpholine rings is 1. The van der Waals surface area contributed by atoms with Crippen LogP contribution in [0.4, 0.5) is 11.8 Å². The number of fused-ring (bicyclic) bond motifs is 1. The predicted molar refractivity (Wildman–Crippen MR) is 90.0 cm³/mol. The lowest BCUT2D eigenvalue weighted by Crippen LogP contribution is -2.37. The molecule has 1 fully saturated rings. The summed E-state index contributed by atoms with van der Waals surface area (Å²) in [6.45, 7) is 2.61. The Hall–Kier alpha value is -3.27. The predicted octanol–water partition coefficient (Wildman–Crippen LogP) is -0.296. The maximum Gasteiger partial charge on any atom is 0.250 e. The quantitative estimate of drug-likeness (QED) is 0.663. The molecule has 0 bridgehead atoms. The molecule has 0 spiro atoms. The van der Waals surface area contributed by atoms with Crippen molar-refractivity contribution in [3.05, 3.63) is 30.2 Å². The second-order valence-corrected chi connectivity index (χ2v) is 5.61. The summed E-state index contributed by atoms with van der Waals surface area (Å²) in [7, 11) is 0. The summed E-state index contributed by atoms with van der Waals surface area (Å²) < 4.78 is 7.01. The Morgan fingerprint density at radius 2 is 1.92 bits per heavy atom. The average Bonchev–Trinajstić information content (AvgIpc) is 3.07. The van der Waals surface area contributed by atoms with Gasteiger partial charge in [0.25, 0.3) is 0 Å². The molecule has 0 atom stereocenters. The number of nitrogens with two attached hydrogens (primary N) is 2. The SMILES string of the molecule is NC(=O)c1cc2c(N3CCOCC3)nc(-c3cnc(N)nc3)nn2c1. The number of nitrogens with zero attached hydrogens (tertiary/aromatic N) is 6. The minimum atomic E-state index is -0.518. The van der Waals surface area contributed by atoms with E-state index >= 15 is 0 Å². The fourth-order valence-electron chi connectivity index (χ4n) is 2.70. The topological polar surface area (TPSA) is 138 Å². The van der Waals surface area contributed by atoms with Crippen molar-refractivity contribution in [2.45, 2.75) is 0 Å². The molecule has 0 saturated carbocycles. The first kappa shape index (κ1) is 15.3. The van der Waals surface area contributed by atoms with E-state index in [1.807, 2.05) is 0 Å². The van der Waals surface area contributed by atoms with Crippen LogP contribution in [-0.4, -0.2) is 56.8 Å². The summed E-state index contributed by atoms with van der Waals surface area (Å²) in [6, 6.07) is 1.69. The van der Waals surface area contributed by atoms with Crippen LogP contribution in [0, 0.1) is 0 Å². The highest BCUT2D eigenvalue weighted by Crippen LogP contribution is 2.25. The molecule has 3 aromatic rings. The Morgan fingerprint density at radius 3 is 2.60 bits per heavy atom. The van der Waals surface area contributed by atoms with E-state index in [4.69, 9.17) is 16.2 Å². The van der Waals surface area contributed by atoms with Gasteiger partial charge in [-0.05, 0) is 6.07 Å². The summed E-state index contributed by atoms with van der Waals surface area (Å²) in [5.74, 6) is 0.796. The molecule has 25 heavy (non-hydrogen) atoms. The van der Waals surface area contributed by atoms with Gasteiger partial charge in [-0.2, -0.15) is 0 Å². The molecule has 3 aromatic heterocycles. The summed E-state index contributed by atoms with van der Waals surface area (Å²) >= 11 is 0. The molecular formula is C15H16N8O2. The molecular weight excluding hydrogens is 324 g/mol. The van der Waals surface area contributed by atoms with E-state index in [1.54, 1.807) is 29.2 Å². The van der Waals surface area contributed by atoms with E-state index in [9.17, 15) is 4.79 Å². The zero-order valence-corrected chi connectivity index (χ0v) is 13.3. The van der Waals surface area contributed by atoms with Gasteiger partial charge in [0.1, 0.15) is 5.52 Å². The minimum Gasteiger partial charge on any atom is -0.378 e. The zero-order valence-electron chi connectivity index (χ0n) is 13.3. The third kappa shape index (κ3) is 2.83. The van der Waals surface area contributed by atoms with E-state index in [0.717, 1.165) is 0 Å². The van der Waals surface area contributed by atoms with Crippen LogP contribution in [0.15, 0.2) is 24.7 Å².